The highest BCUT2D eigenvalue weighted by molar-refractivity contribution is 5.34. The maximum Gasteiger partial charge on any atom is 0.0991 e. The summed E-state index contributed by atoms with van der Waals surface area (Å²) in [6.45, 7) is 4.75. The average Bonchev–Trinajstić information content (AvgIpc) is 2.55. The molecule has 0 fully saturated rings. The fraction of sp³-hybridized carbons (Fsp3) is 0.263. The van der Waals surface area contributed by atoms with Crippen LogP contribution < -0.4 is 0 Å². The number of hydrogen-bond acceptors (Lipinski definition) is 3. The molecule has 2 rings (SSSR count). The maximum atomic E-state index is 9.00. The quantitative estimate of drug-likeness (QED) is 0.811. The number of hydrogen-bond donors (Lipinski definition) is 0. The van der Waals surface area contributed by atoms with Crippen LogP contribution in [0.2, 0.25) is 0 Å². The van der Waals surface area contributed by atoms with E-state index < -0.39 is 0 Å². The third-order valence-electron chi connectivity index (χ3n) is 3.46. The zero-order valence-corrected chi connectivity index (χ0v) is 12.8. The SMILES string of the molecule is CCCN(Cc1cccc(C#N)c1)Cc1cccc(C#N)c1. The Morgan fingerprint density at radius 2 is 1.36 bits per heavy atom. The van der Waals surface area contributed by atoms with E-state index in [1.165, 1.54) is 0 Å². The van der Waals surface area contributed by atoms with Gasteiger partial charge in [-0.25, -0.2) is 0 Å². The molecule has 110 valence electrons. The van der Waals surface area contributed by atoms with Gasteiger partial charge in [0.25, 0.3) is 0 Å². The van der Waals surface area contributed by atoms with Gasteiger partial charge in [0, 0.05) is 13.1 Å². The van der Waals surface area contributed by atoms with Crippen LogP contribution in [0.1, 0.15) is 35.6 Å². The second kappa shape index (κ2) is 7.98. The van der Waals surface area contributed by atoms with Crippen LogP contribution >= 0.6 is 0 Å². The number of nitriles is 2. The van der Waals surface area contributed by atoms with Gasteiger partial charge in [-0.15, -0.1) is 0 Å². The van der Waals surface area contributed by atoms with Crippen LogP contribution in [0, 0.1) is 22.7 Å². The van der Waals surface area contributed by atoms with Crippen molar-refractivity contribution in [1.82, 2.24) is 4.90 Å². The first kappa shape index (κ1) is 15.8. The van der Waals surface area contributed by atoms with E-state index in [1.807, 2.05) is 36.4 Å². The molecule has 0 aliphatic carbocycles. The molecule has 0 bridgehead atoms. The molecule has 0 saturated carbocycles. The summed E-state index contributed by atoms with van der Waals surface area (Å²) >= 11 is 0. The summed E-state index contributed by atoms with van der Waals surface area (Å²) in [5.74, 6) is 0. The summed E-state index contributed by atoms with van der Waals surface area (Å²) in [5, 5.41) is 18.0. The summed E-state index contributed by atoms with van der Waals surface area (Å²) < 4.78 is 0. The summed E-state index contributed by atoms with van der Waals surface area (Å²) in [6, 6.07) is 19.8. The van der Waals surface area contributed by atoms with Crippen molar-refractivity contribution in [3.05, 3.63) is 70.8 Å². The standard InChI is InChI=1S/C19H19N3/c1-2-9-22(14-18-7-3-5-16(10-18)12-20)15-19-8-4-6-17(11-19)13-21/h3-8,10-11H,2,9,14-15H2,1H3. The Morgan fingerprint density at radius 1 is 0.864 bits per heavy atom. The molecular weight excluding hydrogens is 270 g/mol. The van der Waals surface area contributed by atoms with E-state index >= 15 is 0 Å². The second-order valence-electron chi connectivity index (χ2n) is 5.34. The third kappa shape index (κ3) is 4.45. The lowest BCUT2D eigenvalue weighted by Crippen LogP contribution is -2.23. The Bertz CT molecular complexity index is 648. The number of nitrogens with zero attached hydrogens (tertiary/aromatic N) is 3. The van der Waals surface area contributed by atoms with E-state index in [1.54, 1.807) is 0 Å². The van der Waals surface area contributed by atoms with Gasteiger partial charge in [0.2, 0.25) is 0 Å². The van der Waals surface area contributed by atoms with Crippen molar-refractivity contribution in [3.8, 4) is 12.1 Å². The lowest BCUT2D eigenvalue weighted by atomic mass is 10.1. The monoisotopic (exact) mass is 289 g/mol. The molecule has 0 atom stereocenters. The van der Waals surface area contributed by atoms with E-state index in [9.17, 15) is 0 Å². The van der Waals surface area contributed by atoms with Crippen molar-refractivity contribution in [2.24, 2.45) is 0 Å². The molecule has 2 aromatic rings. The Kier molecular flexibility index (Phi) is 5.72. The lowest BCUT2D eigenvalue weighted by Gasteiger charge is -2.22. The molecule has 3 heteroatoms. The van der Waals surface area contributed by atoms with Crippen LogP contribution in [0.5, 0.6) is 0 Å². The predicted molar refractivity (Wildman–Crippen MR) is 86.7 cm³/mol. The number of benzene rings is 2. The molecule has 2 aromatic carbocycles. The zero-order valence-electron chi connectivity index (χ0n) is 12.8. The molecular formula is C19H19N3. The van der Waals surface area contributed by atoms with Gasteiger partial charge in [-0.3, -0.25) is 4.90 Å². The molecule has 22 heavy (non-hydrogen) atoms. The first-order valence-corrected chi connectivity index (χ1v) is 7.45. The predicted octanol–water partition coefficient (Wildman–Crippen LogP) is 3.84. The number of rotatable bonds is 6. The summed E-state index contributed by atoms with van der Waals surface area (Å²) in [4.78, 5) is 2.34. The van der Waals surface area contributed by atoms with Crippen LogP contribution in [0.25, 0.3) is 0 Å². The minimum absolute atomic E-state index is 0.695. The van der Waals surface area contributed by atoms with Crippen molar-refractivity contribution < 1.29 is 0 Å². The van der Waals surface area contributed by atoms with E-state index in [-0.39, 0.29) is 0 Å². The second-order valence-corrected chi connectivity index (χ2v) is 5.34. The first-order valence-electron chi connectivity index (χ1n) is 7.45. The first-order chi connectivity index (χ1) is 10.7. The highest BCUT2D eigenvalue weighted by atomic mass is 15.1. The van der Waals surface area contributed by atoms with E-state index in [2.05, 4.69) is 36.1 Å². The minimum atomic E-state index is 0.695. The highest BCUT2D eigenvalue weighted by Crippen LogP contribution is 2.13. The molecule has 0 N–H and O–H groups in total. The molecule has 3 nitrogen and oxygen atoms in total. The van der Waals surface area contributed by atoms with E-state index in [0.29, 0.717) is 11.1 Å². The fourth-order valence-electron chi connectivity index (χ4n) is 2.53. The largest absolute Gasteiger partial charge is 0.295 e. The van der Waals surface area contributed by atoms with Crippen LogP contribution in [-0.4, -0.2) is 11.4 Å². The van der Waals surface area contributed by atoms with Gasteiger partial charge in [0.15, 0.2) is 0 Å². The maximum absolute atomic E-state index is 9.00. The molecule has 0 aliphatic rings. The van der Waals surface area contributed by atoms with Crippen molar-refractivity contribution in [3.63, 3.8) is 0 Å². The molecule has 0 aliphatic heterocycles. The Balaban J connectivity index is 2.12. The van der Waals surface area contributed by atoms with E-state index in [0.717, 1.165) is 37.2 Å². The molecule has 0 spiro atoms. The highest BCUT2D eigenvalue weighted by Gasteiger charge is 2.07. The normalized spacial score (nSPS) is 10.2. The zero-order chi connectivity index (χ0) is 15.8. The van der Waals surface area contributed by atoms with Gasteiger partial charge in [0.05, 0.1) is 23.3 Å². The van der Waals surface area contributed by atoms with Crippen molar-refractivity contribution in [2.45, 2.75) is 26.4 Å². The Hall–Kier alpha value is -2.62. The van der Waals surface area contributed by atoms with Gasteiger partial charge in [-0.05, 0) is 48.4 Å². The van der Waals surface area contributed by atoms with E-state index in [4.69, 9.17) is 10.5 Å². The van der Waals surface area contributed by atoms with Crippen molar-refractivity contribution in [1.29, 1.82) is 10.5 Å². The van der Waals surface area contributed by atoms with Gasteiger partial charge in [-0.1, -0.05) is 31.2 Å². The van der Waals surface area contributed by atoms with Crippen molar-refractivity contribution >= 4 is 0 Å². The van der Waals surface area contributed by atoms with Gasteiger partial charge >= 0.3 is 0 Å². The van der Waals surface area contributed by atoms with Gasteiger partial charge in [-0.2, -0.15) is 10.5 Å². The summed E-state index contributed by atoms with van der Waals surface area (Å²) in [5.41, 5.74) is 3.67. The Labute approximate surface area is 132 Å². The molecule has 0 aromatic heterocycles. The summed E-state index contributed by atoms with van der Waals surface area (Å²) in [6.07, 6.45) is 1.07. The molecule has 0 saturated heterocycles. The molecule has 0 amide bonds. The Morgan fingerprint density at radius 3 is 1.77 bits per heavy atom. The molecule has 0 heterocycles. The summed E-state index contributed by atoms with van der Waals surface area (Å²) in [7, 11) is 0. The third-order valence-corrected chi connectivity index (χ3v) is 3.46. The minimum Gasteiger partial charge on any atom is -0.295 e. The topological polar surface area (TPSA) is 50.8 Å². The van der Waals surface area contributed by atoms with Crippen LogP contribution in [0.15, 0.2) is 48.5 Å². The average molecular weight is 289 g/mol. The van der Waals surface area contributed by atoms with Crippen LogP contribution in [0.4, 0.5) is 0 Å². The lowest BCUT2D eigenvalue weighted by molar-refractivity contribution is 0.257. The molecule has 0 radical (unpaired) electrons. The van der Waals surface area contributed by atoms with Crippen molar-refractivity contribution in [2.75, 3.05) is 6.54 Å². The van der Waals surface area contributed by atoms with Gasteiger partial charge < -0.3 is 0 Å². The molecule has 0 unspecified atom stereocenters. The van der Waals surface area contributed by atoms with Gasteiger partial charge in [0.1, 0.15) is 0 Å². The smallest absolute Gasteiger partial charge is 0.0991 e. The van der Waals surface area contributed by atoms with Crippen LogP contribution in [0.3, 0.4) is 0 Å². The van der Waals surface area contributed by atoms with Crippen LogP contribution in [-0.2, 0) is 13.1 Å². The fourth-order valence-corrected chi connectivity index (χ4v) is 2.53.